The van der Waals surface area contributed by atoms with Gasteiger partial charge in [-0.2, -0.15) is 0 Å². The SMILES string of the molecule is CC(=O)Nc1ccc(C)c(NC2CCCC2S(C)(=O)=O)c1. The molecule has 0 spiro atoms. The molecule has 2 rings (SSSR count). The van der Waals surface area contributed by atoms with Gasteiger partial charge in [0, 0.05) is 30.6 Å². The maximum atomic E-state index is 11.8. The summed E-state index contributed by atoms with van der Waals surface area (Å²) in [5.74, 6) is -0.125. The van der Waals surface area contributed by atoms with Crippen LogP contribution in [0, 0.1) is 6.92 Å². The number of carbonyl (C=O) groups excluding carboxylic acids is 1. The van der Waals surface area contributed by atoms with Crippen molar-refractivity contribution >= 4 is 27.1 Å². The number of nitrogens with one attached hydrogen (secondary N) is 2. The molecule has 0 aliphatic heterocycles. The van der Waals surface area contributed by atoms with Crippen LogP contribution in [0.1, 0.15) is 31.7 Å². The Bertz CT molecular complexity index is 640. The molecule has 2 N–H and O–H groups in total. The van der Waals surface area contributed by atoms with Gasteiger partial charge in [0.1, 0.15) is 0 Å². The van der Waals surface area contributed by atoms with Gasteiger partial charge >= 0.3 is 0 Å². The summed E-state index contributed by atoms with van der Waals surface area (Å²) in [7, 11) is -3.05. The first-order chi connectivity index (χ1) is 9.77. The molecule has 6 heteroatoms. The monoisotopic (exact) mass is 310 g/mol. The van der Waals surface area contributed by atoms with E-state index in [2.05, 4.69) is 10.6 Å². The molecule has 1 aliphatic rings. The van der Waals surface area contributed by atoms with E-state index in [1.54, 1.807) is 0 Å². The zero-order valence-corrected chi connectivity index (χ0v) is 13.5. The Hall–Kier alpha value is -1.56. The third-order valence-electron chi connectivity index (χ3n) is 3.90. The number of anilines is 2. The van der Waals surface area contributed by atoms with Crippen molar-refractivity contribution in [2.24, 2.45) is 0 Å². The van der Waals surface area contributed by atoms with Crippen molar-refractivity contribution in [1.29, 1.82) is 0 Å². The maximum Gasteiger partial charge on any atom is 0.221 e. The molecule has 5 nitrogen and oxygen atoms in total. The van der Waals surface area contributed by atoms with Crippen LogP contribution in [0.2, 0.25) is 0 Å². The van der Waals surface area contributed by atoms with E-state index in [0.717, 1.165) is 24.1 Å². The topological polar surface area (TPSA) is 75.3 Å². The summed E-state index contributed by atoms with van der Waals surface area (Å²) in [6.07, 6.45) is 3.78. The van der Waals surface area contributed by atoms with Gasteiger partial charge in [-0.3, -0.25) is 4.79 Å². The summed E-state index contributed by atoms with van der Waals surface area (Å²) in [6, 6.07) is 5.54. The van der Waals surface area contributed by atoms with Crippen LogP contribution in [-0.2, 0) is 14.6 Å². The zero-order valence-electron chi connectivity index (χ0n) is 12.6. The van der Waals surface area contributed by atoms with Crippen LogP contribution in [0.3, 0.4) is 0 Å². The lowest BCUT2D eigenvalue weighted by atomic mass is 10.1. The lowest BCUT2D eigenvalue weighted by Gasteiger charge is -2.22. The second-order valence-electron chi connectivity index (χ2n) is 5.76. The standard InChI is InChI=1S/C15H22N2O3S/c1-10-7-8-12(16-11(2)18)9-14(10)17-13-5-4-6-15(13)21(3,19)20/h7-9,13,15,17H,4-6H2,1-3H3,(H,16,18). The van der Waals surface area contributed by atoms with Crippen LogP contribution in [0.5, 0.6) is 0 Å². The predicted molar refractivity (Wildman–Crippen MR) is 85.4 cm³/mol. The minimum Gasteiger partial charge on any atom is -0.381 e. The van der Waals surface area contributed by atoms with E-state index in [0.29, 0.717) is 12.1 Å². The third-order valence-corrected chi connectivity index (χ3v) is 5.57. The minimum atomic E-state index is -3.05. The molecule has 0 aromatic heterocycles. The quantitative estimate of drug-likeness (QED) is 0.895. The highest BCUT2D eigenvalue weighted by molar-refractivity contribution is 7.91. The number of carbonyl (C=O) groups is 1. The van der Waals surface area contributed by atoms with Gasteiger partial charge in [0.2, 0.25) is 5.91 Å². The molecule has 2 unspecified atom stereocenters. The summed E-state index contributed by atoms with van der Waals surface area (Å²) in [4.78, 5) is 11.1. The van der Waals surface area contributed by atoms with E-state index in [4.69, 9.17) is 0 Å². The second kappa shape index (κ2) is 6.05. The number of benzene rings is 1. The maximum absolute atomic E-state index is 11.8. The van der Waals surface area contributed by atoms with E-state index in [1.807, 2.05) is 25.1 Å². The third kappa shape index (κ3) is 3.97. The number of sulfone groups is 1. The molecule has 1 aromatic rings. The lowest BCUT2D eigenvalue weighted by molar-refractivity contribution is -0.114. The van der Waals surface area contributed by atoms with Crippen molar-refractivity contribution in [3.05, 3.63) is 23.8 Å². The number of hydrogen-bond acceptors (Lipinski definition) is 4. The molecule has 0 radical (unpaired) electrons. The Labute approximate surface area is 126 Å². The average molecular weight is 310 g/mol. The summed E-state index contributed by atoms with van der Waals surface area (Å²) >= 11 is 0. The van der Waals surface area contributed by atoms with E-state index in [9.17, 15) is 13.2 Å². The van der Waals surface area contributed by atoms with Crippen molar-refractivity contribution in [3.63, 3.8) is 0 Å². The molecule has 0 heterocycles. The van der Waals surface area contributed by atoms with Gasteiger partial charge < -0.3 is 10.6 Å². The highest BCUT2D eigenvalue weighted by atomic mass is 32.2. The van der Waals surface area contributed by atoms with E-state index in [1.165, 1.54) is 13.2 Å². The fourth-order valence-corrected chi connectivity index (χ4v) is 4.26. The van der Waals surface area contributed by atoms with Crippen molar-refractivity contribution in [2.45, 2.75) is 44.4 Å². The summed E-state index contributed by atoms with van der Waals surface area (Å²) in [6.45, 7) is 3.42. The fraction of sp³-hybridized carbons (Fsp3) is 0.533. The molecule has 21 heavy (non-hydrogen) atoms. The average Bonchev–Trinajstić information content (AvgIpc) is 2.81. The van der Waals surface area contributed by atoms with Crippen LogP contribution in [0.25, 0.3) is 0 Å². The number of hydrogen-bond donors (Lipinski definition) is 2. The molecular weight excluding hydrogens is 288 g/mol. The van der Waals surface area contributed by atoms with Crippen LogP contribution in [0.4, 0.5) is 11.4 Å². The van der Waals surface area contributed by atoms with Gasteiger partial charge in [-0.15, -0.1) is 0 Å². The van der Waals surface area contributed by atoms with Crippen LogP contribution < -0.4 is 10.6 Å². The summed E-state index contributed by atoms with van der Waals surface area (Å²) < 4.78 is 23.7. The smallest absolute Gasteiger partial charge is 0.221 e. The molecular formula is C15H22N2O3S. The molecule has 1 fully saturated rings. The van der Waals surface area contributed by atoms with Gasteiger partial charge in [-0.25, -0.2) is 8.42 Å². The number of amides is 1. The minimum absolute atomic E-state index is 0.0636. The molecule has 1 aliphatic carbocycles. The first-order valence-electron chi connectivity index (χ1n) is 7.11. The van der Waals surface area contributed by atoms with Crippen molar-refractivity contribution < 1.29 is 13.2 Å². The summed E-state index contributed by atoms with van der Waals surface area (Å²) in [5, 5.41) is 5.76. The summed E-state index contributed by atoms with van der Waals surface area (Å²) in [5.41, 5.74) is 2.62. The molecule has 0 bridgehead atoms. The van der Waals surface area contributed by atoms with E-state index >= 15 is 0 Å². The van der Waals surface area contributed by atoms with Gasteiger partial charge in [0.05, 0.1) is 5.25 Å². The fourth-order valence-electron chi connectivity index (χ4n) is 2.86. The van der Waals surface area contributed by atoms with Crippen molar-refractivity contribution in [2.75, 3.05) is 16.9 Å². The Morgan fingerprint density at radius 2 is 2.00 bits per heavy atom. The predicted octanol–water partition coefficient (Wildman–Crippen LogP) is 2.33. The van der Waals surface area contributed by atoms with Gasteiger partial charge in [0.15, 0.2) is 9.84 Å². The lowest BCUT2D eigenvalue weighted by Crippen LogP contribution is -2.34. The normalized spacial score (nSPS) is 22.0. The molecule has 0 saturated heterocycles. The van der Waals surface area contributed by atoms with Crippen molar-refractivity contribution in [1.82, 2.24) is 0 Å². The van der Waals surface area contributed by atoms with E-state index < -0.39 is 9.84 Å². The first kappa shape index (κ1) is 15.8. The van der Waals surface area contributed by atoms with Crippen LogP contribution in [0.15, 0.2) is 18.2 Å². The first-order valence-corrected chi connectivity index (χ1v) is 9.06. The number of rotatable bonds is 4. The van der Waals surface area contributed by atoms with Gasteiger partial charge in [0.25, 0.3) is 0 Å². The Kier molecular flexibility index (Phi) is 4.56. The van der Waals surface area contributed by atoms with Gasteiger partial charge in [-0.1, -0.05) is 6.07 Å². The highest BCUT2D eigenvalue weighted by Crippen LogP contribution is 2.30. The molecule has 2 atom stereocenters. The van der Waals surface area contributed by atoms with E-state index in [-0.39, 0.29) is 17.2 Å². The molecule has 116 valence electrons. The Balaban J connectivity index is 2.20. The molecule has 1 aromatic carbocycles. The van der Waals surface area contributed by atoms with Crippen LogP contribution in [-0.4, -0.2) is 31.9 Å². The Morgan fingerprint density at radius 3 is 2.62 bits per heavy atom. The van der Waals surface area contributed by atoms with Gasteiger partial charge in [-0.05, 0) is 43.9 Å². The number of aryl methyl sites for hydroxylation is 1. The van der Waals surface area contributed by atoms with Crippen LogP contribution >= 0.6 is 0 Å². The Morgan fingerprint density at radius 1 is 1.29 bits per heavy atom. The largest absolute Gasteiger partial charge is 0.381 e. The van der Waals surface area contributed by atoms with Crippen molar-refractivity contribution in [3.8, 4) is 0 Å². The highest BCUT2D eigenvalue weighted by Gasteiger charge is 2.34. The molecule has 1 saturated carbocycles. The molecule has 1 amide bonds. The second-order valence-corrected chi connectivity index (χ2v) is 8.03. The zero-order chi connectivity index (χ0) is 15.6.